The molecular formula is C23H29N3O4S. The van der Waals surface area contributed by atoms with E-state index in [1.54, 1.807) is 24.1 Å². The number of hydrogen-bond acceptors (Lipinski definition) is 6. The minimum Gasteiger partial charge on any atom is -0.490 e. The van der Waals surface area contributed by atoms with Gasteiger partial charge in [-0.3, -0.25) is 14.9 Å². The molecule has 0 aromatic heterocycles. The standard InChI is InChI=1S/C23H29N3O4S/c1-24(15-18-6-9-20(10-7-18)25-12-4-3-5-13-25)23(27)17-31-16-19-8-11-22(30-2)21(14-19)26(28)29/h6-11,14H,3-5,12-13,15-17H2,1-2H3. The molecule has 0 aliphatic carbocycles. The average molecular weight is 444 g/mol. The minimum absolute atomic E-state index is 0.0353. The summed E-state index contributed by atoms with van der Waals surface area (Å²) in [4.78, 5) is 27.3. The maximum absolute atomic E-state index is 12.5. The lowest BCUT2D eigenvalue weighted by atomic mass is 10.1. The lowest BCUT2D eigenvalue weighted by Gasteiger charge is -2.29. The van der Waals surface area contributed by atoms with Crippen molar-refractivity contribution in [2.75, 3.05) is 37.9 Å². The average Bonchev–Trinajstić information content (AvgIpc) is 2.80. The number of piperidine rings is 1. The van der Waals surface area contributed by atoms with E-state index in [0.717, 1.165) is 24.2 Å². The van der Waals surface area contributed by atoms with Crippen LogP contribution >= 0.6 is 11.8 Å². The van der Waals surface area contributed by atoms with Crippen LogP contribution in [0.25, 0.3) is 0 Å². The lowest BCUT2D eigenvalue weighted by Crippen LogP contribution is -2.29. The van der Waals surface area contributed by atoms with Gasteiger partial charge in [-0.1, -0.05) is 18.2 Å². The molecule has 0 radical (unpaired) electrons. The van der Waals surface area contributed by atoms with Gasteiger partial charge in [-0.25, -0.2) is 0 Å². The van der Waals surface area contributed by atoms with E-state index < -0.39 is 4.92 Å². The van der Waals surface area contributed by atoms with Crippen LogP contribution < -0.4 is 9.64 Å². The zero-order valence-electron chi connectivity index (χ0n) is 18.1. The van der Waals surface area contributed by atoms with E-state index in [0.29, 0.717) is 18.1 Å². The molecule has 2 aromatic carbocycles. The molecule has 1 aliphatic rings. The number of nitro benzene ring substituents is 1. The number of amides is 1. The zero-order valence-corrected chi connectivity index (χ0v) is 18.9. The van der Waals surface area contributed by atoms with Crippen molar-refractivity contribution in [3.8, 4) is 5.75 Å². The second-order valence-corrected chi connectivity index (χ2v) is 8.71. The van der Waals surface area contributed by atoms with Gasteiger partial charge in [-0.05, 0) is 48.6 Å². The number of nitro groups is 1. The van der Waals surface area contributed by atoms with Crippen LogP contribution in [0.5, 0.6) is 5.75 Å². The fraction of sp³-hybridized carbons (Fsp3) is 0.435. The van der Waals surface area contributed by atoms with Crippen LogP contribution in [0, 0.1) is 10.1 Å². The molecule has 3 rings (SSSR count). The topological polar surface area (TPSA) is 75.9 Å². The maximum atomic E-state index is 12.5. The van der Waals surface area contributed by atoms with Crippen molar-refractivity contribution in [2.24, 2.45) is 0 Å². The molecule has 31 heavy (non-hydrogen) atoms. The highest BCUT2D eigenvalue weighted by atomic mass is 32.2. The summed E-state index contributed by atoms with van der Waals surface area (Å²) in [6.45, 7) is 2.80. The van der Waals surface area contributed by atoms with Crippen LogP contribution in [0.2, 0.25) is 0 Å². The molecule has 1 saturated heterocycles. The number of hydrogen-bond donors (Lipinski definition) is 0. The van der Waals surface area contributed by atoms with Crippen molar-refractivity contribution in [2.45, 2.75) is 31.6 Å². The van der Waals surface area contributed by atoms with Crippen LogP contribution in [0.4, 0.5) is 11.4 Å². The number of carbonyl (C=O) groups is 1. The van der Waals surface area contributed by atoms with Gasteiger partial charge in [-0.15, -0.1) is 11.8 Å². The van der Waals surface area contributed by atoms with E-state index in [9.17, 15) is 14.9 Å². The van der Waals surface area contributed by atoms with E-state index in [2.05, 4.69) is 29.2 Å². The van der Waals surface area contributed by atoms with Crippen molar-refractivity contribution in [3.05, 3.63) is 63.7 Å². The highest BCUT2D eigenvalue weighted by molar-refractivity contribution is 7.99. The second-order valence-electron chi connectivity index (χ2n) is 7.72. The highest BCUT2D eigenvalue weighted by Crippen LogP contribution is 2.29. The third-order valence-corrected chi connectivity index (χ3v) is 6.43. The van der Waals surface area contributed by atoms with Crippen molar-refractivity contribution in [1.82, 2.24) is 4.90 Å². The summed E-state index contributed by atoms with van der Waals surface area (Å²) in [7, 11) is 3.21. The first kappa shape index (κ1) is 22.9. The Labute approximate surface area is 187 Å². The molecule has 0 unspecified atom stereocenters. The van der Waals surface area contributed by atoms with Gasteiger partial charge in [0.1, 0.15) is 0 Å². The van der Waals surface area contributed by atoms with Gasteiger partial charge in [0.2, 0.25) is 5.91 Å². The van der Waals surface area contributed by atoms with Gasteiger partial charge in [0.15, 0.2) is 5.75 Å². The van der Waals surface area contributed by atoms with Crippen LogP contribution in [0.1, 0.15) is 30.4 Å². The maximum Gasteiger partial charge on any atom is 0.311 e. The number of thioether (sulfide) groups is 1. The van der Waals surface area contributed by atoms with Crippen molar-refractivity contribution < 1.29 is 14.5 Å². The molecule has 0 N–H and O–H groups in total. The Bertz CT molecular complexity index is 898. The Morgan fingerprint density at radius 3 is 2.45 bits per heavy atom. The van der Waals surface area contributed by atoms with Crippen LogP contribution in [0.3, 0.4) is 0 Å². The predicted octanol–water partition coefficient (Wildman–Crippen LogP) is 4.49. The highest BCUT2D eigenvalue weighted by Gasteiger charge is 2.16. The fourth-order valence-electron chi connectivity index (χ4n) is 3.66. The third kappa shape index (κ3) is 6.37. The van der Waals surface area contributed by atoms with Gasteiger partial charge in [0.25, 0.3) is 0 Å². The number of methoxy groups -OCH3 is 1. The van der Waals surface area contributed by atoms with E-state index in [1.165, 1.54) is 49.9 Å². The summed E-state index contributed by atoms with van der Waals surface area (Å²) >= 11 is 1.45. The van der Waals surface area contributed by atoms with E-state index in [-0.39, 0.29) is 17.3 Å². The molecule has 0 atom stereocenters. The molecular weight excluding hydrogens is 414 g/mol. The monoisotopic (exact) mass is 443 g/mol. The summed E-state index contributed by atoms with van der Waals surface area (Å²) in [5, 5.41) is 11.1. The van der Waals surface area contributed by atoms with Crippen LogP contribution in [-0.4, -0.2) is 48.7 Å². The SMILES string of the molecule is COc1ccc(CSCC(=O)N(C)Cc2ccc(N3CCCCC3)cc2)cc1[N+](=O)[O-]. The molecule has 1 heterocycles. The van der Waals surface area contributed by atoms with E-state index in [4.69, 9.17) is 4.74 Å². The van der Waals surface area contributed by atoms with Crippen LogP contribution in [-0.2, 0) is 17.1 Å². The Kier molecular flexibility index (Phi) is 8.17. The smallest absolute Gasteiger partial charge is 0.311 e. The van der Waals surface area contributed by atoms with Crippen molar-refractivity contribution in [1.29, 1.82) is 0 Å². The predicted molar refractivity (Wildman–Crippen MR) is 125 cm³/mol. The van der Waals surface area contributed by atoms with E-state index in [1.807, 2.05) is 0 Å². The minimum atomic E-state index is -0.456. The summed E-state index contributed by atoms with van der Waals surface area (Å²) in [5.41, 5.74) is 3.09. The fourth-order valence-corrected chi connectivity index (χ4v) is 4.57. The summed E-state index contributed by atoms with van der Waals surface area (Å²) in [6, 6.07) is 13.4. The molecule has 0 spiro atoms. The molecule has 0 saturated carbocycles. The Balaban J connectivity index is 1.47. The van der Waals surface area contributed by atoms with Crippen molar-refractivity contribution in [3.63, 3.8) is 0 Å². The first-order valence-electron chi connectivity index (χ1n) is 10.4. The van der Waals surface area contributed by atoms with E-state index >= 15 is 0 Å². The Morgan fingerprint density at radius 1 is 1.13 bits per heavy atom. The molecule has 166 valence electrons. The van der Waals surface area contributed by atoms with Gasteiger partial charge >= 0.3 is 5.69 Å². The Hall–Kier alpha value is -2.74. The summed E-state index contributed by atoms with van der Waals surface area (Å²) < 4.78 is 5.02. The molecule has 7 nitrogen and oxygen atoms in total. The van der Waals surface area contributed by atoms with Gasteiger partial charge in [0, 0.05) is 44.2 Å². The normalized spacial score (nSPS) is 13.7. The molecule has 1 amide bonds. The first-order chi connectivity index (χ1) is 15.0. The van der Waals surface area contributed by atoms with Crippen LogP contribution in [0.15, 0.2) is 42.5 Å². The number of nitrogens with zero attached hydrogens (tertiary/aromatic N) is 3. The molecule has 8 heteroatoms. The quantitative estimate of drug-likeness (QED) is 0.420. The largest absolute Gasteiger partial charge is 0.490 e. The van der Waals surface area contributed by atoms with Gasteiger partial charge in [0.05, 0.1) is 17.8 Å². The lowest BCUT2D eigenvalue weighted by molar-refractivity contribution is -0.385. The number of rotatable bonds is 9. The number of benzene rings is 2. The summed E-state index contributed by atoms with van der Waals surface area (Å²) in [5.74, 6) is 1.12. The third-order valence-electron chi connectivity index (χ3n) is 5.44. The molecule has 1 fully saturated rings. The zero-order chi connectivity index (χ0) is 22.2. The molecule has 1 aliphatic heterocycles. The first-order valence-corrected chi connectivity index (χ1v) is 11.6. The summed E-state index contributed by atoms with van der Waals surface area (Å²) in [6.07, 6.45) is 3.82. The molecule has 0 bridgehead atoms. The number of carbonyl (C=O) groups excluding carboxylic acids is 1. The van der Waals surface area contributed by atoms with Gasteiger partial charge < -0.3 is 14.5 Å². The van der Waals surface area contributed by atoms with Gasteiger partial charge in [-0.2, -0.15) is 0 Å². The molecule has 2 aromatic rings. The second kappa shape index (κ2) is 11.0. The van der Waals surface area contributed by atoms with Crippen molar-refractivity contribution >= 4 is 29.0 Å². The number of anilines is 1. The Morgan fingerprint density at radius 2 is 1.81 bits per heavy atom. The number of ether oxygens (including phenoxy) is 1.